The number of aromatic hydroxyl groups is 1. The number of nitrogens with zero attached hydrogens (tertiary/aromatic N) is 5. The molecule has 0 saturated carbocycles. The molecule has 0 amide bonds. The van der Waals surface area contributed by atoms with Gasteiger partial charge in [0.1, 0.15) is 12.4 Å². The Balaban J connectivity index is 1.51. The zero-order valence-electron chi connectivity index (χ0n) is 16.0. The van der Waals surface area contributed by atoms with Crippen LogP contribution in [0.1, 0.15) is 16.7 Å². The number of aromatic amines is 1. The molecule has 0 aliphatic carbocycles. The van der Waals surface area contributed by atoms with E-state index in [9.17, 15) is 9.90 Å². The van der Waals surface area contributed by atoms with Gasteiger partial charge >= 0.3 is 5.69 Å². The van der Waals surface area contributed by atoms with E-state index in [2.05, 4.69) is 20.6 Å². The van der Waals surface area contributed by atoms with Crippen molar-refractivity contribution in [1.29, 1.82) is 0 Å². The second kappa shape index (κ2) is 7.63. The monoisotopic (exact) mass is 392 g/mol. The number of benzene rings is 2. The SMILES string of the molecule is Cc1cc(-c2cc(O)n(C)n2)ccc1OCc1ccccc1Cn1nn[nH]c1=O. The number of aromatic nitrogens is 6. The summed E-state index contributed by atoms with van der Waals surface area (Å²) in [5.74, 6) is 0.864. The van der Waals surface area contributed by atoms with E-state index in [0.717, 1.165) is 28.0 Å². The van der Waals surface area contributed by atoms with Crippen molar-refractivity contribution in [2.75, 3.05) is 0 Å². The highest BCUT2D eigenvalue weighted by atomic mass is 16.5. The number of H-pyrrole nitrogens is 1. The van der Waals surface area contributed by atoms with Crippen LogP contribution in [-0.4, -0.2) is 35.1 Å². The van der Waals surface area contributed by atoms with Gasteiger partial charge in [0.25, 0.3) is 0 Å². The molecule has 2 heterocycles. The van der Waals surface area contributed by atoms with Gasteiger partial charge in [0.05, 0.1) is 12.2 Å². The van der Waals surface area contributed by atoms with Crippen LogP contribution in [0, 0.1) is 6.92 Å². The van der Waals surface area contributed by atoms with Crippen LogP contribution in [0.4, 0.5) is 0 Å². The topological polar surface area (TPSA) is 111 Å². The minimum atomic E-state index is -0.354. The molecule has 2 aromatic heterocycles. The van der Waals surface area contributed by atoms with E-state index in [1.165, 1.54) is 9.36 Å². The van der Waals surface area contributed by atoms with Gasteiger partial charge in [-0.1, -0.05) is 24.3 Å². The van der Waals surface area contributed by atoms with Gasteiger partial charge in [-0.3, -0.25) is 0 Å². The van der Waals surface area contributed by atoms with Gasteiger partial charge < -0.3 is 9.84 Å². The third kappa shape index (κ3) is 3.88. The Kier molecular flexibility index (Phi) is 4.86. The third-order valence-electron chi connectivity index (χ3n) is 4.68. The lowest BCUT2D eigenvalue weighted by molar-refractivity contribution is 0.302. The lowest BCUT2D eigenvalue weighted by Gasteiger charge is -2.13. The molecule has 4 aromatic rings. The van der Waals surface area contributed by atoms with E-state index in [1.807, 2.05) is 49.4 Å². The summed E-state index contributed by atoms with van der Waals surface area (Å²) in [7, 11) is 1.69. The molecule has 0 atom stereocenters. The van der Waals surface area contributed by atoms with Gasteiger partial charge in [0.15, 0.2) is 0 Å². The van der Waals surface area contributed by atoms with Crippen LogP contribution in [0.15, 0.2) is 53.3 Å². The molecular formula is C20H20N6O3. The first-order valence-corrected chi connectivity index (χ1v) is 9.03. The number of hydrogen-bond donors (Lipinski definition) is 2. The van der Waals surface area contributed by atoms with Crippen LogP contribution in [-0.2, 0) is 20.2 Å². The van der Waals surface area contributed by atoms with Crippen molar-refractivity contribution in [1.82, 2.24) is 30.0 Å². The molecule has 0 radical (unpaired) electrons. The summed E-state index contributed by atoms with van der Waals surface area (Å²) in [4.78, 5) is 11.7. The molecule has 0 fully saturated rings. The quantitative estimate of drug-likeness (QED) is 0.519. The Morgan fingerprint density at radius 3 is 2.59 bits per heavy atom. The first-order chi connectivity index (χ1) is 14.0. The van der Waals surface area contributed by atoms with Crippen LogP contribution in [0.3, 0.4) is 0 Å². The number of tetrazole rings is 1. The lowest BCUT2D eigenvalue weighted by atomic mass is 10.1. The first-order valence-electron chi connectivity index (χ1n) is 9.03. The summed E-state index contributed by atoms with van der Waals surface area (Å²) in [5.41, 5.74) is 4.09. The maximum absolute atomic E-state index is 11.7. The molecule has 148 valence electrons. The zero-order valence-corrected chi connectivity index (χ0v) is 16.0. The summed E-state index contributed by atoms with van der Waals surface area (Å²) in [6.07, 6.45) is 0. The van der Waals surface area contributed by atoms with Gasteiger partial charge in [-0.25, -0.2) is 14.6 Å². The van der Waals surface area contributed by atoms with Crippen LogP contribution in [0.5, 0.6) is 11.6 Å². The zero-order chi connectivity index (χ0) is 20.4. The number of nitrogens with one attached hydrogen (secondary N) is 1. The standard InChI is InChI=1S/C20H20N6O3/c1-13-9-14(17-10-19(27)25(2)22-17)7-8-18(13)29-12-16-6-4-3-5-15(16)11-26-20(28)21-23-24-26/h3-10,27H,11-12H2,1-2H3,(H,21,24,28). The molecule has 2 N–H and O–H groups in total. The Bertz CT molecular complexity index is 1190. The molecule has 0 spiro atoms. The number of rotatable bonds is 6. The molecule has 29 heavy (non-hydrogen) atoms. The first kappa shape index (κ1) is 18.5. The van der Waals surface area contributed by atoms with Crippen molar-refractivity contribution in [3.63, 3.8) is 0 Å². The second-order valence-electron chi connectivity index (χ2n) is 6.71. The summed E-state index contributed by atoms with van der Waals surface area (Å²) < 4.78 is 8.71. The molecule has 9 nitrogen and oxygen atoms in total. The third-order valence-corrected chi connectivity index (χ3v) is 4.68. The molecular weight excluding hydrogens is 372 g/mol. The maximum Gasteiger partial charge on any atom is 0.361 e. The molecule has 0 bridgehead atoms. The fraction of sp³-hybridized carbons (Fsp3) is 0.200. The minimum Gasteiger partial charge on any atom is -0.493 e. The number of aryl methyl sites for hydroxylation is 2. The van der Waals surface area contributed by atoms with Crippen LogP contribution >= 0.6 is 0 Å². The molecule has 0 saturated heterocycles. The average molecular weight is 392 g/mol. The highest BCUT2D eigenvalue weighted by Gasteiger charge is 2.10. The van der Waals surface area contributed by atoms with Crippen molar-refractivity contribution >= 4 is 0 Å². The van der Waals surface area contributed by atoms with Gasteiger partial charge in [-0.15, -0.1) is 0 Å². The molecule has 0 aliphatic heterocycles. The van der Waals surface area contributed by atoms with E-state index in [4.69, 9.17) is 4.74 Å². The fourth-order valence-corrected chi connectivity index (χ4v) is 3.06. The Morgan fingerprint density at radius 2 is 1.93 bits per heavy atom. The largest absolute Gasteiger partial charge is 0.493 e. The predicted octanol–water partition coefficient (Wildman–Crippen LogP) is 2.01. The van der Waals surface area contributed by atoms with Crippen molar-refractivity contribution < 1.29 is 9.84 Å². The van der Waals surface area contributed by atoms with E-state index in [1.54, 1.807) is 13.1 Å². The van der Waals surface area contributed by atoms with Crippen LogP contribution in [0.2, 0.25) is 0 Å². The van der Waals surface area contributed by atoms with E-state index < -0.39 is 0 Å². The van der Waals surface area contributed by atoms with E-state index >= 15 is 0 Å². The summed E-state index contributed by atoms with van der Waals surface area (Å²) in [5, 5.41) is 23.6. The average Bonchev–Trinajstić information content (AvgIpc) is 3.27. The van der Waals surface area contributed by atoms with Crippen molar-refractivity contribution in [2.24, 2.45) is 7.05 Å². The Morgan fingerprint density at radius 1 is 1.14 bits per heavy atom. The molecule has 0 unspecified atom stereocenters. The van der Waals surface area contributed by atoms with Crippen LogP contribution in [0.25, 0.3) is 11.3 Å². The maximum atomic E-state index is 11.7. The van der Waals surface area contributed by atoms with Gasteiger partial charge in [-0.2, -0.15) is 9.78 Å². The van der Waals surface area contributed by atoms with Gasteiger partial charge in [-0.05, 0) is 52.2 Å². The summed E-state index contributed by atoms with van der Waals surface area (Å²) >= 11 is 0. The van der Waals surface area contributed by atoms with Gasteiger partial charge in [0.2, 0.25) is 5.88 Å². The number of hydrogen-bond acceptors (Lipinski definition) is 6. The van der Waals surface area contributed by atoms with E-state index in [-0.39, 0.29) is 11.6 Å². The number of ether oxygens (including phenoxy) is 1. The second-order valence-corrected chi connectivity index (χ2v) is 6.71. The summed E-state index contributed by atoms with van der Waals surface area (Å²) in [6.45, 7) is 2.63. The molecule has 9 heteroatoms. The van der Waals surface area contributed by atoms with Crippen molar-refractivity contribution in [3.05, 3.63) is 75.7 Å². The molecule has 4 rings (SSSR count). The highest BCUT2D eigenvalue weighted by molar-refractivity contribution is 5.62. The van der Waals surface area contributed by atoms with E-state index in [0.29, 0.717) is 18.8 Å². The predicted molar refractivity (Wildman–Crippen MR) is 106 cm³/mol. The van der Waals surface area contributed by atoms with Gasteiger partial charge in [0, 0.05) is 18.7 Å². The van der Waals surface area contributed by atoms with Crippen molar-refractivity contribution in [2.45, 2.75) is 20.1 Å². The Labute approximate surface area is 166 Å². The van der Waals surface area contributed by atoms with Crippen LogP contribution < -0.4 is 10.4 Å². The fourth-order valence-electron chi connectivity index (χ4n) is 3.06. The molecule has 0 aliphatic rings. The van der Waals surface area contributed by atoms with Crippen molar-refractivity contribution in [3.8, 4) is 22.9 Å². The smallest absolute Gasteiger partial charge is 0.361 e. The summed E-state index contributed by atoms with van der Waals surface area (Å²) in [6, 6.07) is 15.1. The molecule has 2 aromatic carbocycles. The minimum absolute atomic E-state index is 0.112. The Hall–Kier alpha value is -3.88. The lowest BCUT2D eigenvalue weighted by Crippen LogP contribution is -2.19. The normalized spacial score (nSPS) is 11.0. The highest BCUT2D eigenvalue weighted by Crippen LogP contribution is 2.28.